The lowest BCUT2D eigenvalue weighted by Gasteiger charge is -2.47. The molecule has 3 N–H and O–H groups in total. The minimum atomic E-state index is -5.44. The zero-order chi connectivity index (χ0) is 76.7. The molecule has 3 heterocycles. The normalized spacial score (nSPS) is 27.2. The minimum absolute atomic E-state index is 0.00521. The van der Waals surface area contributed by atoms with Crippen molar-refractivity contribution in [3.8, 4) is 0 Å². The Morgan fingerprint density at radius 3 is 1.79 bits per heavy atom. The number of aryl methyl sites for hydroxylation is 1. The van der Waals surface area contributed by atoms with Crippen LogP contribution in [0.25, 0.3) is 0 Å². The van der Waals surface area contributed by atoms with Gasteiger partial charge in [0.15, 0.2) is 0 Å². The highest BCUT2D eigenvalue weighted by molar-refractivity contribution is 6.00. The van der Waals surface area contributed by atoms with E-state index in [-0.39, 0.29) is 81.2 Å². The number of carbonyl (C=O) groups excluding carboxylic acids is 11. The first-order valence-electron chi connectivity index (χ1n) is 35.6. The Balaban J connectivity index is 1.31. The van der Waals surface area contributed by atoms with Gasteiger partial charge in [-0.25, -0.2) is 8.78 Å². The highest BCUT2D eigenvalue weighted by atomic mass is 19.4. The lowest BCUT2D eigenvalue weighted by atomic mass is 9.74. The molecule has 572 valence electrons. The molecule has 103 heavy (non-hydrogen) atoms. The highest BCUT2D eigenvalue weighted by Crippen LogP contribution is 2.39. The first-order chi connectivity index (χ1) is 48.2. The van der Waals surface area contributed by atoms with E-state index >= 15 is 28.0 Å². The van der Waals surface area contributed by atoms with Gasteiger partial charge in [-0.3, -0.25) is 52.7 Å². The van der Waals surface area contributed by atoms with E-state index in [0.29, 0.717) is 37.8 Å². The Hall–Kier alpha value is -7.99. The van der Waals surface area contributed by atoms with Crippen LogP contribution in [0, 0.1) is 29.4 Å². The second-order valence-electron chi connectivity index (χ2n) is 29.1. The molecule has 0 aromatic heterocycles. The Morgan fingerprint density at radius 2 is 1.25 bits per heavy atom. The number of ether oxygens (including phenoxy) is 1. The molecule has 0 bridgehead atoms. The average Bonchev–Trinajstić information content (AvgIpc) is 1.40. The molecule has 2 aromatic carbocycles. The summed E-state index contributed by atoms with van der Waals surface area (Å²) in [6.45, 7) is 10.8. The molecule has 0 unspecified atom stereocenters. The van der Waals surface area contributed by atoms with Gasteiger partial charge in [-0.1, -0.05) is 65.5 Å². The Labute approximate surface area is 596 Å². The molecule has 0 radical (unpaired) electrons. The molecule has 2 saturated carbocycles. The van der Waals surface area contributed by atoms with E-state index in [9.17, 15) is 59.9 Å². The summed E-state index contributed by atoms with van der Waals surface area (Å²) in [4.78, 5) is 173. The quantitative estimate of drug-likeness (QED) is 0.192. The van der Waals surface area contributed by atoms with Crippen LogP contribution in [-0.2, 0) is 82.7 Å². The molecule has 3 saturated heterocycles. The number of rotatable bonds is 12. The van der Waals surface area contributed by atoms with Gasteiger partial charge in [0.2, 0.25) is 65.0 Å². The monoisotopic (exact) mass is 1460 g/mol. The van der Waals surface area contributed by atoms with Gasteiger partial charge in [0.25, 0.3) is 0 Å². The molecular formula is C72H101F8N11O12. The van der Waals surface area contributed by atoms with Crippen LogP contribution < -0.4 is 16.0 Å². The molecule has 11 atom stereocenters. The fourth-order valence-corrected chi connectivity index (χ4v) is 14.6. The summed E-state index contributed by atoms with van der Waals surface area (Å²) in [6.07, 6.45) is -8.48. The third-order valence-corrected chi connectivity index (χ3v) is 21.6. The summed E-state index contributed by atoms with van der Waals surface area (Å²) in [6, 6.07) is -7.22. The molecule has 31 heteroatoms. The van der Waals surface area contributed by atoms with E-state index in [0.717, 1.165) is 70.2 Å². The van der Waals surface area contributed by atoms with Crippen molar-refractivity contribution in [3.05, 3.63) is 70.3 Å². The van der Waals surface area contributed by atoms with Gasteiger partial charge >= 0.3 is 12.4 Å². The molecular weight excluding hydrogens is 1360 g/mol. The van der Waals surface area contributed by atoms with E-state index in [1.54, 1.807) is 27.7 Å². The van der Waals surface area contributed by atoms with Crippen molar-refractivity contribution >= 4 is 65.0 Å². The molecule has 2 aliphatic carbocycles. The van der Waals surface area contributed by atoms with Crippen molar-refractivity contribution < 1.29 is 92.6 Å². The number of amides is 11. The number of hydrogen-bond acceptors (Lipinski definition) is 12. The SMILES string of the molecule is CCO[C@@H]1C[C@H]2C(=O)NC3(CCC3)C(=O)N(C)[C@@H](C3CCCCC3)C(=O)N(C)[C@H](C)CC(=O)N(C)[C@@H](CC(C)C)C(=O)N[C@@H]([C@@H](C)CC)C(=O)N(C)[C@@H](C)C(=O)N3CC[C@H]3C(=O)N(C)[C@@H](Cc3ccc(C(F)(F)F)cc3)C(=O)N(C)CC(=O)N[C@@H](CCc3cc(F)c(C(F)(F)F)c(F)c3)C(=O)N2C1. The highest BCUT2D eigenvalue weighted by Gasteiger charge is 2.54. The van der Waals surface area contributed by atoms with Crippen LogP contribution >= 0.6 is 0 Å². The largest absolute Gasteiger partial charge is 0.422 e. The van der Waals surface area contributed by atoms with Gasteiger partial charge in [-0.15, -0.1) is 0 Å². The summed E-state index contributed by atoms with van der Waals surface area (Å²) in [5, 5.41) is 8.34. The van der Waals surface area contributed by atoms with Crippen molar-refractivity contribution in [1.82, 2.24) is 55.1 Å². The number of halogens is 8. The Kier molecular flexibility index (Phi) is 27.4. The van der Waals surface area contributed by atoms with E-state index in [1.807, 2.05) is 13.8 Å². The van der Waals surface area contributed by atoms with Crippen molar-refractivity contribution in [1.29, 1.82) is 0 Å². The molecule has 5 fully saturated rings. The number of nitrogens with one attached hydrogen (secondary N) is 3. The third-order valence-electron chi connectivity index (χ3n) is 21.6. The van der Waals surface area contributed by atoms with Crippen LogP contribution in [-0.4, -0.2) is 239 Å². The molecule has 11 amide bonds. The number of likely N-dealkylation sites (N-methyl/N-ethyl adjacent to an activating group) is 6. The lowest BCUT2D eigenvalue weighted by Crippen LogP contribution is -2.68. The van der Waals surface area contributed by atoms with Gasteiger partial charge in [-0.05, 0) is 132 Å². The van der Waals surface area contributed by atoms with Gasteiger partial charge in [0.1, 0.15) is 71.1 Å². The van der Waals surface area contributed by atoms with Crippen molar-refractivity contribution in [2.45, 2.75) is 230 Å². The fourth-order valence-electron chi connectivity index (χ4n) is 14.6. The molecule has 2 aromatic rings. The van der Waals surface area contributed by atoms with Gasteiger partial charge in [0, 0.05) is 87.3 Å². The van der Waals surface area contributed by atoms with Crippen molar-refractivity contribution in [2.75, 3.05) is 68.5 Å². The maximum atomic E-state index is 15.4. The first-order valence-corrected chi connectivity index (χ1v) is 35.6. The van der Waals surface area contributed by atoms with Gasteiger partial charge in [-0.2, -0.15) is 26.3 Å². The first kappa shape index (κ1) is 82.3. The Bertz CT molecular complexity index is 3420. The summed E-state index contributed by atoms with van der Waals surface area (Å²) < 4.78 is 119. The van der Waals surface area contributed by atoms with Crippen LogP contribution in [0.4, 0.5) is 35.1 Å². The maximum absolute atomic E-state index is 15.4. The predicted molar refractivity (Wildman–Crippen MR) is 361 cm³/mol. The van der Waals surface area contributed by atoms with Crippen LogP contribution in [0.15, 0.2) is 36.4 Å². The average molecular weight is 1460 g/mol. The zero-order valence-electron chi connectivity index (χ0n) is 61.1. The van der Waals surface area contributed by atoms with Gasteiger partial charge < -0.3 is 59.9 Å². The van der Waals surface area contributed by atoms with Gasteiger partial charge in [0.05, 0.1) is 18.2 Å². The van der Waals surface area contributed by atoms with Crippen LogP contribution in [0.3, 0.4) is 0 Å². The van der Waals surface area contributed by atoms with Crippen molar-refractivity contribution in [2.24, 2.45) is 17.8 Å². The number of carbonyl (C=O) groups is 11. The number of benzene rings is 2. The lowest BCUT2D eigenvalue weighted by molar-refractivity contribution is -0.160. The molecule has 1 spiro atoms. The minimum Gasteiger partial charge on any atom is -0.377 e. The smallest absolute Gasteiger partial charge is 0.377 e. The zero-order valence-corrected chi connectivity index (χ0v) is 61.1. The fraction of sp³-hybridized carbons (Fsp3) is 0.681. The Morgan fingerprint density at radius 1 is 0.631 bits per heavy atom. The topological polar surface area (TPSA) is 259 Å². The second kappa shape index (κ2) is 34.3. The summed E-state index contributed by atoms with van der Waals surface area (Å²) in [5.41, 5.74) is -5.11. The van der Waals surface area contributed by atoms with Crippen molar-refractivity contribution in [3.63, 3.8) is 0 Å². The molecule has 23 nitrogen and oxygen atoms in total. The maximum Gasteiger partial charge on any atom is 0.422 e. The molecule has 5 aliphatic rings. The number of alkyl halides is 6. The number of fused-ring (bicyclic) bond motifs is 2. The van der Waals surface area contributed by atoms with Crippen LogP contribution in [0.2, 0.25) is 0 Å². The van der Waals surface area contributed by atoms with Crippen LogP contribution in [0.1, 0.15) is 161 Å². The molecule has 3 aliphatic heterocycles. The second-order valence-corrected chi connectivity index (χ2v) is 29.1. The summed E-state index contributed by atoms with van der Waals surface area (Å²) in [7, 11) is 8.15. The standard InChI is InChI=1S/C72H101F8N11O12/c1-14-41(5)59-67(100)86(10)43(7)63(96)90-31-28-52(90)66(99)88(12)55(36-44-22-25-47(26-23-44)71(75,76)77)65(98)84(8)39-56(92)81-51(27-24-45-34-49(73)58(50(74)35-45)72(78,79)80)64(97)91-38-48(103-15-2)37-54(91)62(95)83-70(29-19-30-70)69(102)89(13)60(46-20-17-16-18-21-46)68(101)85(9)42(6)33-57(93)87(11)53(32-40(3)4)61(94)82-59/h22-23,25-26,34-35,40-43,46,48,51-55,59-60H,14-21,24,27-33,36-39H2,1-13H3,(H,81,92)(H,82,94)(H,83,95)/t41-,42+,43-,48+,51-,52-,53-,54-,55-,59-,60-/m0/s1. The van der Waals surface area contributed by atoms with Crippen LogP contribution in [0.5, 0.6) is 0 Å². The van der Waals surface area contributed by atoms with E-state index in [4.69, 9.17) is 4.74 Å². The molecule has 7 rings (SSSR count). The summed E-state index contributed by atoms with van der Waals surface area (Å²) >= 11 is 0. The third kappa shape index (κ3) is 19.1. The van der Waals surface area contributed by atoms with E-state index < -0.39 is 198 Å². The number of nitrogens with zero attached hydrogens (tertiary/aromatic N) is 8. The van der Waals surface area contributed by atoms with E-state index in [1.165, 1.54) is 61.8 Å². The predicted octanol–water partition coefficient (Wildman–Crippen LogP) is 6.50. The summed E-state index contributed by atoms with van der Waals surface area (Å²) in [5.74, 6) is -13.5. The van der Waals surface area contributed by atoms with E-state index in [2.05, 4.69) is 16.0 Å². The number of hydrogen-bond donors (Lipinski definition) is 3.